The van der Waals surface area contributed by atoms with Gasteiger partial charge in [0.05, 0.1) is 11.6 Å². The average molecular weight is 305 g/mol. The van der Waals surface area contributed by atoms with Crippen molar-refractivity contribution < 1.29 is 8.83 Å². The van der Waals surface area contributed by atoms with Gasteiger partial charge in [0.15, 0.2) is 0 Å². The molecule has 0 aliphatic rings. The van der Waals surface area contributed by atoms with Crippen LogP contribution in [0.3, 0.4) is 0 Å². The number of halogens is 1. The number of fused-ring (bicyclic) bond motifs is 1. The molecule has 0 N–H and O–H groups in total. The summed E-state index contributed by atoms with van der Waals surface area (Å²) < 4.78 is 11.8. The van der Waals surface area contributed by atoms with Crippen molar-refractivity contribution in [1.29, 1.82) is 0 Å². The predicted octanol–water partition coefficient (Wildman–Crippen LogP) is 4.12. The molecule has 3 rings (SSSR count). The fourth-order valence-corrected chi connectivity index (χ4v) is 2.35. The molecule has 18 heavy (non-hydrogen) atoms. The van der Waals surface area contributed by atoms with Gasteiger partial charge in [-0.1, -0.05) is 15.9 Å². The highest BCUT2D eigenvalue weighted by Crippen LogP contribution is 2.25. The van der Waals surface area contributed by atoms with Crippen molar-refractivity contribution in [3.63, 3.8) is 0 Å². The summed E-state index contributed by atoms with van der Waals surface area (Å²) in [5, 5.41) is 0.543. The number of aryl methyl sites for hydroxylation is 1. The molecule has 2 aromatic heterocycles. The number of furan rings is 1. The smallest absolute Gasteiger partial charge is 0.203 e. The highest BCUT2D eigenvalue weighted by Gasteiger charge is 2.15. The average Bonchev–Trinajstić information content (AvgIpc) is 2.84. The van der Waals surface area contributed by atoms with Crippen LogP contribution in [0.15, 0.2) is 54.7 Å². The van der Waals surface area contributed by atoms with E-state index in [4.69, 9.17) is 8.83 Å². The molecule has 0 spiro atoms. The van der Waals surface area contributed by atoms with Gasteiger partial charge in [0.2, 0.25) is 5.43 Å². The molecule has 2 heterocycles. The van der Waals surface area contributed by atoms with Gasteiger partial charge in [-0.2, -0.15) is 0 Å². The molecule has 90 valence electrons. The molecule has 0 amide bonds. The van der Waals surface area contributed by atoms with Gasteiger partial charge in [0.25, 0.3) is 0 Å². The molecule has 0 radical (unpaired) electrons. The first kappa shape index (κ1) is 11.3. The molecule has 0 aliphatic carbocycles. The molecule has 3 aromatic rings. The summed E-state index contributed by atoms with van der Waals surface area (Å²) in [6.45, 7) is 1.76. The van der Waals surface area contributed by atoms with E-state index in [9.17, 15) is 4.79 Å². The Bertz CT molecular complexity index is 770. The number of hydrogen-bond acceptors (Lipinski definition) is 3. The Kier molecular flexibility index (Phi) is 2.59. The maximum Gasteiger partial charge on any atom is 0.203 e. The first-order chi connectivity index (χ1) is 8.66. The van der Waals surface area contributed by atoms with Gasteiger partial charge in [0.1, 0.15) is 22.7 Å². The standard InChI is InChI=1S/C14H9BrO3/c1-8-13(12-3-2-6-17-12)14(16)10-7-9(15)4-5-11(10)18-8/h2-7H,1H3. The third-order valence-corrected chi connectivity index (χ3v) is 3.29. The minimum atomic E-state index is -0.0787. The zero-order valence-corrected chi connectivity index (χ0v) is 11.2. The van der Waals surface area contributed by atoms with Gasteiger partial charge in [-0.05, 0) is 37.3 Å². The van der Waals surface area contributed by atoms with Crippen molar-refractivity contribution in [3.8, 4) is 11.3 Å². The molecule has 1 aromatic carbocycles. The summed E-state index contributed by atoms with van der Waals surface area (Å²) in [6, 6.07) is 8.88. The lowest BCUT2D eigenvalue weighted by atomic mass is 10.1. The van der Waals surface area contributed by atoms with E-state index in [-0.39, 0.29) is 5.43 Å². The zero-order chi connectivity index (χ0) is 12.7. The SMILES string of the molecule is Cc1oc2ccc(Br)cc2c(=O)c1-c1ccco1. The molecular weight excluding hydrogens is 296 g/mol. The van der Waals surface area contributed by atoms with Crippen molar-refractivity contribution in [1.82, 2.24) is 0 Å². The van der Waals surface area contributed by atoms with Gasteiger partial charge in [-0.15, -0.1) is 0 Å². The first-order valence-corrected chi connectivity index (χ1v) is 6.23. The van der Waals surface area contributed by atoms with E-state index < -0.39 is 0 Å². The van der Waals surface area contributed by atoms with Crippen LogP contribution in [0.1, 0.15) is 5.76 Å². The Balaban J connectivity index is 2.43. The molecule has 4 heteroatoms. The summed E-state index contributed by atoms with van der Waals surface area (Å²) >= 11 is 3.35. The minimum absolute atomic E-state index is 0.0787. The van der Waals surface area contributed by atoms with E-state index in [1.54, 1.807) is 37.5 Å². The van der Waals surface area contributed by atoms with Gasteiger partial charge < -0.3 is 8.83 Å². The van der Waals surface area contributed by atoms with Gasteiger partial charge in [0, 0.05) is 4.47 Å². The maximum absolute atomic E-state index is 12.5. The topological polar surface area (TPSA) is 43.4 Å². The first-order valence-electron chi connectivity index (χ1n) is 5.43. The van der Waals surface area contributed by atoms with Crippen LogP contribution >= 0.6 is 15.9 Å². The van der Waals surface area contributed by atoms with Crippen LogP contribution in [0.4, 0.5) is 0 Å². The largest absolute Gasteiger partial charge is 0.464 e. The molecule has 0 bridgehead atoms. The van der Waals surface area contributed by atoms with Crippen LogP contribution in [0.5, 0.6) is 0 Å². The van der Waals surface area contributed by atoms with E-state index in [0.717, 1.165) is 4.47 Å². The van der Waals surface area contributed by atoms with Crippen molar-refractivity contribution >= 4 is 26.9 Å². The lowest BCUT2D eigenvalue weighted by Gasteiger charge is -2.04. The van der Waals surface area contributed by atoms with Crippen LogP contribution in [-0.4, -0.2) is 0 Å². The Morgan fingerprint density at radius 2 is 2.06 bits per heavy atom. The third-order valence-electron chi connectivity index (χ3n) is 2.80. The van der Waals surface area contributed by atoms with E-state index >= 15 is 0 Å². The van der Waals surface area contributed by atoms with Crippen LogP contribution in [0.25, 0.3) is 22.3 Å². The van der Waals surface area contributed by atoms with Crippen molar-refractivity contribution in [2.45, 2.75) is 6.92 Å². The van der Waals surface area contributed by atoms with Crippen LogP contribution in [0.2, 0.25) is 0 Å². The van der Waals surface area contributed by atoms with E-state index in [0.29, 0.717) is 28.1 Å². The summed E-state index contributed by atoms with van der Waals surface area (Å²) in [5.41, 5.74) is 0.978. The second kappa shape index (κ2) is 4.14. The van der Waals surface area contributed by atoms with Gasteiger partial charge in [-0.3, -0.25) is 4.79 Å². The normalized spacial score (nSPS) is 11.0. The molecule has 0 unspecified atom stereocenters. The Morgan fingerprint density at radius 1 is 1.22 bits per heavy atom. The fourth-order valence-electron chi connectivity index (χ4n) is 1.99. The third kappa shape index (κ3) is 1.69. The minimum Gasteiger partial charge on any atom is -0.464 e. The summed E-state index contributed by atoms with van der Waals surface area (Å²) in [4.78, 5) is 12.5. The summed E-state index contributed by atoms with van der Waals surface area (Å²) in [6.07, 6.45) is 1.54. The zero-order valence-electron chi connectivity index (χ0n) is 9.57. The maximum atomic E-state index is 12.5. The monoisotopic (exact) mass is 304 g/mol. The second-order valence-electron chi connectivity index (χ2n) is 3.98. The highest BCUT2D eigenvalue weighted by atomic mass is 79.9. The van der Waals surface area contributed by atoms with Crippen molar-refractivity contribution in [2.75, 3.05) is 0 Å². The molecule has 3 nitrogen and oxygen atoms in total. The lowest BCUT2D eigenvalue weighted by Crippen LogP contribution is -2.06. The second-order valence-corrected chi connectivity index (χ2v) is 4.90. The summed E-state index contributed by atoms with van der Waals surface area (Å²) in [7, 11) is 0. The van der Waals surface area contributed by atoms with E-state index in [2.05, 4.69) is 15.9 Å². The highest BCUT2D eigenvalue weighted by molar-refractivity contribution is 9.10. The number of benzene rings is 1. The molecule has 0 aliphatic heterocycles. The molecule has 0 fully saturated rings. The Labute approximate surface area is 111 Å². The quantitative estimate of drug-likeness (QED) is 0.679. The van der Waals surface area contributed by atoms with Crippen LogP contribution < -0.4 is 5.43 Å². The van der Waals surface area contributed by atoms with E-state index in [1.807, 2.05) is 6.07 Å². The fraction of sp³-hybridized carbons (Fsp3) is 0.0714. The van der Waals surface area contributed by atoms with Crippen LogP contribution in [-0.2, 0) is 0 Å². The number of hydrogen-bond donors (Lipinski definition) is 0. The van der Waals surface area contributed by atoms with Crippen LogP contribution in [0, 0.1) is 6.92 Å². The summed E-state index contributed by atoms with van der Waals surface area (Å²) in [5.74, 6) is 1.09. The molecule has 0 saturated heterocycles. The van der Waals surface area contributed by atoms with Gasteiger partial charge in [-0.25, -0.2) is 0 Å². The Hall–Kier alpha value is -1.81. The molecule has 0 saturated carbocycles. The number of rotatable bonds is 1. The van der Waals surface area contributed by atoms with E-state index in [1.165, 1.54) is 0 Å². The Morgan fingerprint density at radius 3 is 2.78 bits per heavy atom. The molecule has 0 atom stereocenters. The predicted molar refractivity (Wildman–Crippen MR) is 72.6 cm³/mol. The van der Waals surface area contributed by atoms with Crippen molar-refractivity contribution in [2.24, 2.45) is 0 Å². The lowest BCUT2D eigenvalue weighted by molar-refractivity contribution is 0.549. The van der Waals surface area contributed by atoms with Gasteiger partial charge >= 0.3 is 0 Å². The van der Waals surface area contributed by atoms with Crippen molar-refractivity contribution in [3.05, 3.63) is 57.1 Å². The molecular formula is C14H9BrO3.